The summed E-state index contributed by atoms with van der Waals surface area (Å²) >= 11 is 0. The number of imide groups is 1. The smallest absolute Gasteiger partial charge is 0.282 e. The molecule has 2 aliphatic heterocycles. The SMILES string of the molecule is COc1ccc(C2=C(N3CCN(C)CC3)C(=O)N(c3ccc(C)cc3)C2=O)cc1OC. The van der Waals surface area contributed by atoms with Crippen LogP contribution in [0.2, 0.25) is 0 Å². The molecule has 2 aromatic carbocycles. The van der Waals surface area contributed by atoms with E-state index in [-0.39, 0.29) is 11.8 Å². The van der Waals surface area contributed by atoms with Gasteiger partial charge in [-0.3, -0.25) is 9.59 Å². The van der Waals surface area contributed by atoms with Crippen LogP contribution in [-0.2, 0) is 9.59 Å². The van der Waals surface area contributed by atoms with Crippen LogP contribution in [0.1, 0.15) is 11.1 Å². The summed E-state index contributed by atoms with van der Waals surface area (Å²) in [4.78, 5) is 32.7. The molecule has 0 radical (unpaired) electrons. The lowest BCUT2D eigenvalue weighted by Gasteiger charge is -2.34. The van der Waals surface area contributed by atoms with Crippen LogP contribution in [0.3, 0.4) is 0 Å². The van der Waals surface area contributed by atoms with Crippen molar-refractivity contribution in [2.24, 2.45) is 0 Å². The minimum absolute atomic E-state index is 0.289. The number of methoxy groups -OCH3 is 2. The molecular formula is C24H27N3O4. The number of anilines is 1. The van der Waals surface area contributed by atoms with Gasteiger partial charge in [-0.05, 0) is 43.8 Å². The van der Waals surface area contributed by atoms with Crippen molar-refractivity contribution in [3.05, 3.63) is 59.3 Å². The van der Waals surface area contributed by atoms with Gasteiger partial charge in [0.1, 0.15) is 5.70 Å². The topological polar surface area (TPSA) is 62.3 Å². The van der Waals surface area contributed by atoms with Crippen LogP contribution in [0, 0.1) is 6.92 Å². The molecule has 0 saturated carbocycles. The fourth-order valence-electron chi connectivity index (χ4n) is 4.02. The van der Waals surface area contributed by atoms with Crippen molar-refractivity contribution < 1.29 is 19.1 Å². The maximum Gasteiger partial charge on any atom is 0.282 e. The summed E-state index contributed by atoms with van der Waals surface area (Å²) in [5, 5.41) is 0. The maximum absolute atomic E-state index is 13.6. The van der Waals surface area contributed by atoms with Crippen LogP contribution < -0.4 is 14.4 Å². The molecule has 1 fully saturated rings. The molecule has 2 heterocycles. The molecule has 7 heteroatoms. The number of carbonyl (C=O) groups is 2. The minimum atomic E-state index is -0.324. The first-order chi connectivity index (χ1) is 14.9. The Labute approximate surface area is 182 Å². The zero-order chi connectivity index (χ0) is 22.1. The van der Waals surface area contributed by atoms with Gasteiger partial charge in [-0.25, -0.2) is 4.90 Å². The van der Waals surface area contributed by atoms with Gasteiger partial charge < -0.3 is 19.3 Å². The second-order valence-corrected chi connectivity index (χ2v) is 7.86. The zero-order valence-corrected chi connectivity index (χ0v) is 18.3. The number of amides is 2. The minimum Gasteiger partial charge on any atom is -0.493 e. The standard InChI is InChI=1S/C24H27N3O4/c1-16-5-8-18(9-6-16)27-23(28)21(17-7-10-19(30-3)20(15-17)31-4)22(24(27)29)26-13-11-25(2)12-14-26/h5-10,15H,11-14H2,1-4H3. The van der Waals surface area contributed by atoms with Crippen molar-refractivity contribution in [1.29, 1.82) is 0 Å². The summed E-state index contributed by atoms with van der Waals surface area (Å²) in [6, 6.07) is 12.7. The van der Waals surface area contributed by atoms with Crippen LogP contribution in [0.4, 0.5) is 5.69 Å². The summed E-state index contributed by atoms with van der Waals surface area (Å²) in [5.41, 5.74) is 3.12. The molecule has 0 unspecified atom stereocenters. The molecule has 1 saturated heterocycles. The highest BCUT2D eigenvalue weighted by atomic mass is 16.5. The van der Waals surface area contributed by atoms with E-state index in [4.69, 9.17) is 9.47 Å². The molecule has 2 aromatic rings. The molecule has 0 N–H and O–H groups in total. The first-order valence-electron chi connectivity index (χ1n) is 10.3. The van der Waals surface area contributed by atoms with E-state index in [0.29, 0.717) is 47.1 Å². The Bertz CT molecular complexity index is 1040. The van der Waals surface area contributed by atoms with Crippen molar-refractivity contribution >= 4 is 23.1 Å². The monoisotopic (exact) mass is 421 g/mol. The molecule has 31 heavy (non-hydrogen) atoms. The third-order valence-electron chi connectivity index (χ3n) is 5.84. The fraction of sp³-hybridized carbons (Fsp3) is 0.333. The number of aryl methyl sites for hydroxylation is 1. The van der Waals surface area contributed by atoms with Gasteiger partial charge in [-0.1, -0.05) is 23.8 Å². The van der Waals surface area contributed by atoms with Gasteiger partial charge in [-0.2, -0.15) is 0 Å². The van der Waals surface area contributed by atoms with E-state index >= 15 is 0 Å². The van der Waals surface area contributed by atoms with Crippen LogP contribution >= 0.6 is 0 Å². The zero-order valence-electron chi connectivity index (χ0n) is 18.3. The highest BCUT2D eigenvalue weighted by Gasteiger charge is 2.43. The lowest BCUT2D eigenvalue weighted by Crippen LogP contribution is -2.46. The van der Waals surface area contributed by atoms with Crippen molar-refractivity contribution in [2.75, 3.05) is 52.3 Å². The Kier molecular flexibility index (Phi) is 5.69. The number of likely N-dealkylation sites (N-methyl/N-ethyl adjacent to an activating group) is 1. The van der Waals surface area contributed by atoms with Crippen molar-refractivity contribution in [1.82, 2.24) is 9.80 Å². The van der Waals surface area contributed by atoms with E-state index < -0.39 is 0 Å². The summed E-state index contributed by atoms with van der Waals surface area (Å²) < 4.78 is 10.8. The van der Waals surface area contributed by atoms with Crippen molar-refractivity contribution in [2.45, 2.75) is 6.92 Å². The van der Waals surface area contributed by atoms with Gasteiger partial charge >= 0.3 is 0 Å². The number of rotatable bonds is 5. The lowest BCUT2D eigenvalue weighted by atomic mass is 10.0. The van der Waals surface area contributed by atoms with Crippen molar-refractivity contribution in [3.63, 3.8) is 0 Å². The predicted molar refractivity (Wildman–Crippen MR) is 119 cm³/mol. The second-order valence-electron chi connectivity index (χ2n) is 7.86. The third-order valence-corrected chi connectivity index (χ3v) is 5.84. The van der Waals surface area contributed by atoms with Gasteiger partial charge in [0.25, 0.3) is 11.8 Å². The summed E-state index contributed by atoms with van der Waals surface area (Å²) in [5.74, 6) is 0.470. The lowest BCUT2D eigenvalue weighted by molar-refractivity contribution is -0.120. The molecule has 0 aromatic heterocycles. The van der Waals surface area contributed by atoms with Crippen LogP contribution in [0.15, 0.2) is 48.2 Å². The Morgan fingerprint density at radius 1 is 0.806 bits per heavy atom. The Morgan fingerprint density at radius 3 is 2.06 bits per heavy atom. The normalized spacial score (nSPS) is 17.5. The Balaban J connectivity index is 1.83. The van der Waals surface area contributed by atoms with Crippen LogP contribution in [-0.4, -0.2) is 69.1 Å². The molecule has 2 amide bonds. The number of hydrogen-bond donors (Lipinski definition) is 0. The predicted octanol–water partition coefficient (Wildman–Crippen LogP) is 2.54. The summed E-state index contributed by atoms with van der Waals surface area (Å²) in [7, 11) is 5.18. The number of ether oxygens (including phenoxy) is 2. The Morgan fingerprint density at radius 2 is 1.45 bits per heavy atom. The van der Waals surface area contributed by atoms with E-state index in [1.807, 2.05) is 36.1 Å². The number of hydrogen-bond acceptors (Lipinski definition) is 6. The Hall–Kier alpha value is -3.32. The molecule has 2 aliphatic rings. The molecule has 162 valence electrons. The van der Waals surface area contributed by atoms with Crippen LogP contribution in [0.25, 0.3) is 5.57 Å². The van der Waals surface area contributed by atoms with E-state index in [1.54, 1.807) is 32.4 Å². The number of carbonyl (C=O) groups excluding carboxylic acids is 2. The molecule has 0 aliphatic carbocycles. The van der Waals surface area contributed by atoms with E-state index in [0.717, 1.165) is 18.7 Å². The molecular weight excluding hydrogens is 394 g/mol. The van der Waals surface area contributed by atoms with Gasteiger partial charge in [0.2, 0.25) is 0 Å². The van der Waals surface area contributed by atoms with E-state index in [2.05, 4.69) is 11.9 Å². The molecule has 0 bridgehead atoms. The summed E-state index contributed by atoms with van der Waals surface area (Å²) in [6.45, 7) is 5.00. The first kappa shape index (κ1) is 20.9. The second kappa shape index (κ2) is 8.43. The van der Waals surface area contributed by atoms with E-state index in [9.17, 15) is 9.59 Å². The number of benzene rings is 2. The van der Waals surface area contributed by atoms with Crippen LogP contribution in [0.5, 0.6) is 11.5 Å². The average molecular weight is 421 g/mol. The fourth-order valence-corrected chi connectivity index (χ4v) is 4.02. The average Bonchev–Trinajstić information content (AvgIpc) is 3.04. The van der Waals surface area contributed by atoms with Gasteiger partial charge in [0.15, 0.2) is 11.5 Å². The molecule has 0 atom stereocenters. The third kappa shape index (κ3) is 3.77. The largest absolute Gasteiger partial charge is 0.493 e. The first-order valence-corrected chi connectivity index (χ1v) is 10.3. The number of piperazine rings is 1. The molecule has 4 rings (SSSR count). The highest BCUT2D eigenvalue weighted by Crippen LogP contribution is 2.38. The van der Waals surface area contributed by atoms with Crippen molar-refractivity contribution in [3.8, 4) is 11.5 Å². The quantitative estimate of drug-likeness (QED) is 0.692. The molecule has 7 nitrogen and oxygen atoms in total. The summed E-state index contributed by atoms with van der Waals surface area (Å²) in [6.07, 6.45) is 0. The van der Waals surface area contributed by atoms with Gasteiger partial charge in [0.05, 0.1) is 25.5 Å². The maximum atomic E-state index is 13.6. The van der Waals surface area contributed by atoms with Gasteiger partial charge in [-0.15, -0.1) is 0 Å². The highest BCUT2D eigenvalue weighted by molar-refractivity contribution is 6.45. The van der Waals surface area contributed by atoms with Gasteiger partial charge in [0, 0.05) is 26.2 Å². The molecule has 0 spiro atoms. The number of nitrogens with zero attached hydrogens (tertiary/aromatic N) is 3. The van der Waals surface area contributed by atoms with E-state index in [1.165, 1.54) is 4.90 Å².